The number of aryl methyl sites for hydroxylation is 1. The third-order valence-electron chi connectivity index (χ3n) is 5.13. The molecule has 138 valence electrons. The molecular weight excluding hydrogens is 338 g/mol. The summed E-state index contributed by atoms with van der Waals surface area (Å²) in [6, 6.07) is 14.1. The van der Waals surface area contributed by atoms with Gasteiger partial charge in [0.2, 0.25) is 5.88 Å². The van der Waals surface area contributed by atoms with Crippen LogP contribution in [-0.2, 0) is 26.1 Å². The van der Waals surface area contributed by atoms with Crippen molar-refractivity contribution < 1.29 is 14.6 Å². The van der Waals surface area contributed by atoms with Crippen molar-refractivity contribution in [1.29, 1.82) is 0 Å². The Morgan fingerprint density at radius 1 is 1.04 bits per heavy atom. The molecule has 0 saturated heterocycles. The second kappa shape index (κ2) is 7.41. The molecule has 3 aromatic rings. The number of nitrogens with zero attached hydrogens (tertiary/aromatic N) is 1. The van der Waals surface area contributed by atoms with Gasteiger partial charge in [-0.3, -0.25) is 0 Å². The van der Waals surface area contributed by atoms with Gasteiger partial charge in [-0.15, -0.1) is 0 Å². The van der Waals surface area contributed by atoms with Gasteiger partial charge in [0.15, 0.2) is 0 Å². The van der Waals surface area contributed by atoms with Gasteiger partial charge >= 0.3 is 0 Å². The summed E-state index contributed by atoms with van der Waals surface area (Å²) in [5, 5.41) is 9.44. The van der Waals surface area contributed by atoms with E-state index in [1.165, 1.54) is 27.8 Å². The SMILES string of the molecule is COc1cc(COc2cc(C)c(-c3cccc(CO)c3)c3c2CC3)ccn1. The molecule has 4 rings (SSSR count). The predicted octanol–water partition coefficient (Wildman–Crippen LogP) is 4.24. The topological polar surface area (TPSA) is 51.6 Å². The number of hydrogen-bond donors (Lipinski definition) is 1. The highest BCUT2D eigenvalue weighted by Gasteiger charge is 2.24. The lowest BCUT2D eigenvalue weighted by molar-refractivity contribution is 0.282. The van der Waals surface area contributed by atoms with E-state index in [1.54, 1.807) is 13.3 Å². The van der Waals surface area contributed by atoms with Crippen molar-refractivity contribution in [2.24, 2.45) is 0 Å². The zero-order valence-corrected chi connectivity index (χ0v) is 15.7. The molecule has 0 atom stereocenters. The van der Waals surface area contributed by atoms with E-state index in [-0.39, 0.29) is 6.61 Å². The Morgan fingerprint density at radius 2 is 1.89 bits per heavy atom. The molecule has 0 spiro atoms. The van der Waals surface area contributed by atoms with Gasteiger partial charge in [0.25, 0.3) is 0 Å². The molecule has 1 aliphatic carbocycles. The molecule has 0 radical (unpaired) electrons. The summed E-state index contributed by atoms with van der Waals surface area (Å²) in [6.45, 7) is 2.68. The molecule has 4 heteroatoms. The molecule has 1 aliphatic rings. The first-order chi connectivity index (χ1) is 13.2. The molecule has 4 nitrogen and oxygen atoms in total. The summed E-state index contributed by atoms with van der Waals surface area (Å²) in [7, 11) is 1.61. The number of aromatic nitrogens is 1. The van der Waals surface area contributed by atoms with Gasteiger partial charge in [0, 0.05) is 12.3 Å². The van der Waals surface area contributed by atoms with Gasteiger partial charge in [-0.2, -0.15) is 0 Å². The first-order valence-electron chi connectivity index (χ1n) is 9.17. The van der Waals surface area contributed by atoms with Gasteiger partial charge in [-0.05, 0) is 76.9 Å². The molecule has 27 heavy (non-hydrogen) atoms. The molecule has 1 heterocycles. The van der Waals surface area contributed by atoms with Crippen LogP contribution < -0.4 is 9.47 Å². The average Bonchev–Trinajstić information content (AvgIpc) is 2.68. The number of benzene rings is 2. The predicted molar refractivity (Wildman–Crippen MR) is 105 cm³/mol. The molecule has 1 aromatic heterocycles. The van der Waals surface area contributed by atoms with Crippen LogP contribution in [0.5, 0.6) is 11.6 Å². The minimum absolute atomic E-state index is 0.0612. The second-order valence-corrected chi connectivity index (χ2v) is 6.88. The fourth-order valence-electron chi connectivity index (χ4n) is 3.69. The van der Waals surface area contributed by atoms with Crippen molar-refractivity contribution in [2.45, 2.75) is 33.0 Å². The number of methoxy groups -OCH3 is 1. The number of aliphatic hydroxyl groups excluding tert-OH is 1. The molecule has 1 N–H and O–H groups in total. The smallest absolute Gasteiger partial charge is 0.213 e. The van der Waals surface area contributed by atoms with Gasteiger partial charge in [-0.1, -0.05) is 18.2 Å². The highest BCUT2D eigenvalue weighted by Crippen LogP contribution is 2.42. The van der Waals surface area contributed by atoms with Gasteiger partial charge in [-0.25, -0.2) is 4.98 Å². The van der Waals surface area contributed by atoms with E-state index in [0.29, 0.717) is 12.5 Å². The fourth-order valence-corrected chi connectivity index (χ4v) is 3.69. The zero-order chi connectivity index (χ0) is 18.8. The number of ether oxygens (including phenoxy) is 2. The molecule has 0 saturated carbocycles. The maximum atomic E-state index is 9.44. The summed E-state index contributed by atoms with van der Waals surface area (Å²) >= 11 is 0. The minimum atomic E-state index is 0.0612. The largest absolute Gasteiger partial charge is 0.489 e. The molecule has 0 unspecified atom stereocenters. The van der Waals surface area contributed by atoms with E-state index in [9.17, 15) is 5.11 Å². The van der Waals surface area contributed by atoms with Crippen LogP contribution in [0.25, 0.3) is 11.1 Å². The Hall–Kier alpha value is -2.85. The quantitative estimate of drug-likeness (QED) is 0.714. The molecule has 0 amide bonds. The van der Waals surface area contributed by atoms with E-state index in [4.69, 9.17) is 9.47 Å². The Kier molecular flexibility index (Phi) is 4.82. The highest BCUT2D eigenvalue weighted by atomic mass is 16.5. The third kappa shape index (κ3) is 3.40. The van der Waals surface area contributed by atoms with E-state index in [0.717, 1.165) is 29.7 Å². The Labute approximate surface area is 159 Å². The van der Waals surface area contributed by atoms with E-state index in [1.807, 2.05) is 24.3 Å². The third-order valence-corrected chi connectivity index (χ3v) is 5.13. The van der Waals surface area contributed by atoms with Crippen LogP contribution in [-0.4, -0.2) is 17.2 Å². The number of rotatable bonds is 6. The lowest BCUT2D eigenvalue weighted by atomic mass is 9.79. The Balaban J connectivity index is 1.63. The van der Waals surface area contributed by atoms with Gasteiger partial charge in [0.05, 0.1) is 13.7 Å². The molecular formula is C23H23NO3. The van der Waals surface area contributed by atoms with E-state index < -0.39 is 0 Å². The lowest BCUT2D eigenvalue weighted by Gasteiger charge is -2.28. The number of fused-ring (bicyclic) bond motifs is 1. The first-order valence-corrected chi connectivity index (χ1v) is 9.17. The van der Waals surface area contributed by atoms with Crippen LogP contribution >= 0.6 is 0 Å². The highest BCUT2D eigenvalue weighted by molar-refractivity contribution is 5.76. The first kappa shape index (κ1) is 17.6. The number of pyridine rings is 1. The normalized spacial score (nSPS) is 12.3. The van der Waals surface area contributed by atoms with E-state index in [2.05, 4.69) is 30.1 Å². The van der Waals surface area contributed by atoms with Crippen LogP contribution in [0.4, 0.5) is 0 Å². The summed E-state index contributed by atoms with van der Waals surface area (Å²) in [5.74, 6) is 1.56. The molecule has 0 bridgehead atoms. The number of aliphatic hydroxyl groups is 1. The van der Waals surface area contributed by atoms with Crippen molar-refractivity contribution in [2.75, 3.05) is 7.11 Å². The summed E-state index contributed by atoms with van der Waals surface area (Å²) < 4.78 is 11.3. The van der Waals surface area contributed by atoms with Gasteiger partial charge in [0.1, 0.15) is 12.4 Å². The van der Waals surface area contributed by atoms with Gasteiger partial charge < -0.3 is 14.6 Å². The van der Waals surface area contributed by atoms with Crippen molar-refractivity contribution >= 4 is 0 Å². The van der Waals surface area contributed by atoms with Crippen molar-refractivity contribution in [3.8, 4) is 22.8 Å². The summed E-state index contributed by atoms with van der Waals surface area (Å²) in [6.07, 6.45) is 3.84. The van der Waals surface area contributed by atoms with E-state index >= 15 is 0 Å². The van der Waals surface area contributed by atoms with Crippen molar-refractivity contribution in [1.82, 2.24) is 4.98 Å². The zero-order valence-electron chi connectivity index (χ0n) is 15.7. The molecule has 0 aliphatic heterocycles. The molecule has 0 fully saturated rings. The number of hydrogen-bond acceptors (Lipinski definition) is 4. The maximum absolute atomic E-state index is 9.44. The average molecular weight is 361 g/mol. The fraction of sp³-hybridized carbons (Fsp3) is 0.261. The summed E-state index contributed by atoms with van der Waals surface area (Å²) in [4.78, 5) is 4.13. The van der Waals surface area contributed by atoms with Crippen molar-refractivity contribution in [3.63, 3.8) is 0 Å². The van der Waals surface area contributed by atoms with Crippen LogP contribution in [0.2, 0.25) is 0 Å². The Morgan fingerprint density at radius 3 is 2.63 bits per heavy atom. The summed E-state index contributed by atoms with van der Waals surface area (Å²) in [5.41, 5.74) is 8.29. The van der Waals surface area contributed by atoms with Crippen molar-refractivity contribution in [3.05, 3.63) is 76.5 Å². The molecule has 2 aromatic carbocycles. The van der Waals surface area contributed by atoms with Crippen LogP contribution in [0.15, 0.2) is 48.7 Å². The second-order valence-electron chi connectivity index (χ2n) is 6.88. The standard InChI is InChI=1S/C23H23NO3/c1-15-10-21(27-14-17-8-9-24-22(12-17)26-2)19-6-7-20(19)23(15)18-5-3-4-16(11-18)13-25/h3-5,8-12,25H,6-7,13-14H2,1-2H3. The maximum Gasteiger partial charge on any atom is 0.213 e. The monoisotopic (exact) mass is 361 g/mol. The lowest BCUT2D eigenvalue weighted by Crippen LogP contribution is -2.14. The van der Waals surface area contributed by atoms with Crippen LogP contribution in [0.1, 0.15) is 27.8 Å². The Bertz CT molecular complexity index is 981. The van der Waals surface area contributed by atoms with Crippen LogP contribution in [0.3, 0.4) is 0 Å². The van der Waals surface area contributed by atoms with Crippen LogP contribution in [0, 0.1) is 6.92 Å². The minimum Gasteiger partial charge on any atom is -0.489 e.